The standard InChI is InChI=1S/C14H22BrF3O4/c1-4-5-6-7-8-21-11(19)13(2,3)12(20)22-10(9-15)14(16,17)18/h10H,4-9H2,1-3H3. The highest BCUT2D eigenvalue weighted by Gasteiger charge is 2.47. The summed E-state index contributed by atoms with van der Waals surface area (Å²) in [6, 6.07) is 0. The summed E-state index contributed by atoms with van der Waals surface area (Å²) in [4.78, 5) is 23.7. The molecule has 4 nitrogen and oxygen atoms in total. The third-order valence-electron chi connectivity index (χ3n) is 3.01. The second-order valence-corrected chi connectivity index (χ2v) is 6.06. The van der Waals surface area contributed by atoms with Gasteiger partial charge in [0.25, 0.3) is 0 Å². The molecule has 0 saturated carbocycles. The molecule has 0 saturated heterocycles. The van der Waals surface area contributed by atoms with Crippen LogP contribution in [0.5, 0.6) is 0 Å². The van der Waals surface area contributed by atoms with E-state index in [0.29, 0.717) is 6.42 Å². The van der Waals surface area contributed by atoms with E-state index in [2.05, 4.69) is 20.7 Å². The van der Waals surface area contributed by atoms with Gasteiger partial charge in [-0.1, -0.05) is 42.1 Å². The molecule has 0 amide bonds. The van der Waals surface area contributed by atoms with E-state index in [1.807, 2.05) is 6.92 Å². The number of ether oxygens (including phenoxy) is 2. The minimum Gasteiger partial charge on any atom is -0.465 e. The van der Waals surface area contributed by atoms with Crippen LogP contribution >= 0.6 is 15.9 Å². The van der Waals surface area contributed by atoms with Crippen molar-refractivity contribution >= 4 is 27.9 Å². The predicted molar refractivity (Wildman–Crippen MR) is 78.6 cm³/mol. The van der Waals surface area contributed by atoms with Crippen LogP contribution in [0.1, 0.15) is 46.5 Å². The molecule has 0 aromatic heterocycles. The number of unbranched alkanes of at least 4 members (excludes halogenated alkanes) is 3. The van der Waals surface area contributed by atoms with E-state index in [1.54, 1.807) is 0 Å². The average Bonchev–Trinajstić information content (AvgIpc) is 2.42. The Kier molecular flexibility index (Phi) is 9.04. The Morgan fingerprint density at radius 2 is 1.68 bits per heavy atom. The molecule has 0 N–H and O–H groups in total. The number of hydrogen-bond acceptors (Lipinski definition) is 4. The molecule has 1 unspecified atom stereocenters. The summed E-state index contributed by atoms with van der Waals surface area (Å²) < 4.78 is 47.0. The average molecular weight is 391 g/mol. The number of alkyl halides is 4. The highest BCUT2D eigenvalue weighted by Crippen LogP contribution is 2.28. The van der Waals surface area contributed by atoms with Crippen molar-refractivity contribution in [1.29, 1.82) is 0 Å². The van der Waals surface area contributed by atoms with Crippen LogP contribution in [0.2, 0.25) is 0 Å². The predicted octanol–water partition coefficient (Wildman–Crippen LogP) is 4.01. The summed E-state index contributed by atoms with van der Waals surface area (Å²) >= 11 is 2.64. The number of halogens is 4. The van der Waals surface area contributed by atoms with Crippen LogP contribution in [-0.4, -0.2) is 36.2 Å². The Morgan fingerprint density at radius 3 is 2.14 bits per heavy atom. The Labute approximate surface area is 136 Å². The van der Waals surface area contributed by atoms with Gasteiger partial charge in [-0.2, -0.15) is 13.2 Å². The summed E-state index contributed by atoms with van der Waals surface area (Å²) in [5, 5.41) is -0.593. The number of esters is 2. The quantitative estimate of drug-likeness (QED) is 0.258. The summed E-state index contributed by atoms with van der Waals surface area (Å²) in [7, 11) is 0. The Hall–Kier alpha value is -0.790. The summed E-state index contributed by atoms with van der Waals surface area (Å²) in [5.74, 6) is -2.14. The van der Waals surface area contributed by atoms with Gasteiger partial charge in [-0.15, -0.1) is 0 Å². The molecule has 8 heteroatoms. The van der Waals surface area contributed by atoms with Crippen LogP contribution in [0.15, 0.2) is 0 Å². The van der Waals surface area contributed by atoms with Crippen LogP contribution in [0.4, 0.5) is 13.2 Å². The SMILES string of the molecule is CCCCCCOC(=O)C(C)(C)C(=O)OC(CBr)C(F)(F)F. The van der Waals surface area contributed by atoms with Gasteiger partial charge in [-0.25, -0.2) is 0 Å². The minimum absolute atomic E-state index is 0.136. The van der Waals surface area contributed by atoms with Crippen molar-refractivity contribution < 1.29 is 32.2 Å². The van der Waals surface area contributed by atoms with Gasteiger partial charge in [0.1, 0.15) is 0 Å². The molecule has 22 heavy (non-hydrogen) atoms. The van der Waals surface area contributed by atoms with Crippen LogP contribution in [0.3, 0.4) is 0 Å². The highest BCUT2D eigenvalue weighted by molar-refractivity contribution is 9.09. The first-order valence-corrected chi connectivity index (χ1v) is 8.20. The molecular weight excluding hydrogens is 369 g/mol. The molecule has 0 aromatic carbocycles. The Morgan fingerprint density at radius 1 is 1.09 bits per heavy atom. The molecular formula is C14H22BrF3O4. The lowest BCUT2D eigenvalue weighted by Gasteiger charge is -2.25. The van der Waals surface area contributed by atoms with E-state index in [1.165, 1.54) is 13.8 Å². The number of hydrogen-bond donors (Lipinski definition) is 0. The van der Waals surface area contributed by atoms with Crippen LogP contribution in [0, 0.1) is 5.41 Å². The maximum Gasteiger partial charge on any atom is 0.426 e. The molecule has 0 aromatic rings. The smallest absolute Gasteiger partial charge is 0.426 e. The first kappa shape index (κ1) is 21.2. The molecule has 0 bridgehead atoms. The van der Waals surface area contributed by atoms with Gasteiger partial charge in [0, 0.05) is 5.33 Å². The summed E-state index contributed by atoms with van der Waals surface area (Å²) in [6.45, 7) is 4.54. The van der Waals surface area contributed by atoms with Gasteiger partial charge in [0.15, 0.2) is 5.41 Å². The van der Waals surface area contributed by atoms with E-state index >= 15 is 0 Å². The molecule has 0 fully saturated rings. The fraction of sp³-hybridized carbons (Fsp3) is 0.857. The molecule has 0 heterocycles. The van der Waals surface area contributed by atoms with E-state index in [4.69, 9.17) is 4.74 Å². The largest absolute Gasteiger partial charge is 0.465 e. The zero-order valence-electron chi connectivity index (χ0n) is 13.0. The zero-order chi connectivity index (χ0) is 17.4. The van der Waals surface area contributed by atoms with E-state index in [0.717, 1.165) is 19.3 Å². The number of rotatable bonds is 9. The number of carbonyl (C=O) groups is 2. The topological polar surface area (TPSA) is 52.6 Å². The molecule has 0 aliphatic carbocycles. The molecule has 1 atom stereocenters. The van der Waals surface area contributed by atoms with Crippen molar-refractivity contribution in [3.8, 4) is 0 Å². The highest BCUT2D eigenvalue weighted by atomic mass is 79.9. The van der Waals surface area contributed by atoms with Gasteiger partial charge in [0.2, 0.25) is 6.10 Å². The van der Waals surface area contributed by atoms with Crippen LogP contribution in [0.25, 0.3) is 0 Å². The molecule has 0 aliphatic rings. The third kappa shape index (κ3) is 6.98. The third-order valence-corrected chi connectivity index (χ3v) is 3.59. The lowest BCUT2D eigenvalue weighted by atomic mass is 9.94. The lowest BCUT2D eigenvalue weighted by molar-refractivity contribution is -0.220. The molecule has 0 aliphatic heterocycles. The molecule has 0 spiro atoms. The van der Waals surface area contributed by atoms with Crippen molar-refractivity contribution in [2.45, 2.75) is 58.7 Å². The molecule has 0 radical (unpaired) electrons. The van der Waals surface area contributed by atoms with Crippen molar-refractivity contribution in [2.75, 3.05) is 11.9 Å². The summed E-state index contributed by atoms with van der Waals surface area (Å²) in [6.07, 6.45) is -3.43. The van der Waals surface area contributed by atoms with Crippen molar-refractivity contribution in [3.63, 3.8) is 0 Å². The van der Waals surface area contributed by atoms with E-state index in [-0.39, 0.29) is 6.61 Å². The normalized spacial score (nSPS) is 13.6. The first-order valence-electron chi connectivity index (χ1n) is 7.08. The minimum atomic E-state index is -4.70. The van der Waals surface area contributed by atoms with Gasteiger partial charge in [-0.3, -0.25) is 9.59 Å². The van der Waals surface area contributed by atoms with Crippen molar-refractivity contribution in [3.05, 3.63) is 0 Å². The zero-order valence-corrected chi connectivity index (χ0v) is 14.6. The van der Waals surface area contributed by atoms with Crippen molar-refractivity contribution in [2.24, 2.45) is 5.41 Å². The van der Waals surface area contributed by atoms with Gasteiger partial charge < -0.3 is 9.47 Å². The molecule has 0 rings (SSSR count). The molecule has 130 valence electrons. The monoisotopic (exact) mass is 390 g/mol. The Balaban J connectivity index is 4.51. The first-order chi connectivity index (χ1) is 10.1. The van der Waals surface area contributed by atoms with Gasteiger partial charge in [-0.05, 0) is 20.3 Å². The second kappa shape index (κ2) is 9.37. The summed E-state index contributed by atoms with van der Waals surface area (Å²) in [5.41, 5.74) is -1.78. The maximum absolute atomic E-state index is 12.6. The van der Waals surface area contributed by atoms with Crippen molar-refractivity contribution in [1.82, 2.24) is 0 Å². The Bertz CT molecular complexity index is 370. The van der Waals surface area contributed by atoms with Gasteiger partial charge >= 0.3 is 18.1 Å². The number of carbonyl (C=O) groups excluding carboxylic acids is 2. The fourth-order valence-corrected chi connectivity index (χ4v) is 1.92. The van der Waals surface area contributed by atoms with E-state index in [9.17, 15) is 22.8 Å². The van der Waals surface area contributed by atoms with Gasteiger partial charge in [0.05, 0.1) is 6.61 Å². The second-order valence-electron chi connectivity index (χ2n) is 5.41. The maximum atomic E-state index is 12.6. The lowest BCUT2D eigenvalue weighted by Crippen LogP contribution is -2.43. The van der Waals surface area contributed by atoms with E-state index < -0.39 is 35.0 Å². The van der Waals surface area contributed by atoms with Crippen LogP contribution in [-0.2, 0) is 19.1 Å². The fourth-order valence-electron chi connectivity index (χ4n) is 1.42. The van der Waals surface area contributed by atoms with Crippen LogP contribution < -0.4 is 0 Å².